The van der Waals surface area contributed by atoms with E-state index in [9.17, 15) is 18.4 Å². The first-order valence-corrected chi connectivity index (χ1v) is 14.6. The highest BCUT2D eigenvalue weighted by molar-refractivity contribution is 6.12. The largest absolute Gasteiger partial charge is 0.415 e. The average Bonchev–Trinajstić information content (AvgIpc) is 3.51. The van der Waals surface area contributed by atoms with Crippen molar-refractivity contribution in [1.82, 2.24) is 25.0 Å². The van der Waals surface area contributed by atoms with Gasteiger partial charge in [-0.05, 0) is 93.8 Å². The summed E-state index contributed by atoms with van der Waals surface area (Å²) in [4.78, 5) is 35.3. The second kappa shape index (κ2) is 11.6. The lowest BCUT2D eigenvalue weighted by Crippen LogP contribution is -2.51. The van der Waals surface area contributed by atoms with Crippen LogP contribution in [0.15, 0.2) is 40.9 Å². The van der Waals surface area contributed by atoms with E-state index in [-0.39, 0.29) is 24.2 Å². The third-order valence-corrected chi connectivity index (χ3v) is 8.91. The van der Waals surface area contributed by atoms with Gasteiger partial charge < -0.3 is 14.1 Å². The lowest BCUT2D eigenvalue weighted by Gasteiger charge is -2.39. The predicted molar refractivity (Wildman–Crippen MR) is 149 cm³/mol. The minimum absolute atomic E-state index is 0.0136. The molecule has 1 aromatic carbocycles. The number of amides is 2. The number of benzene rings is 1. The van der Waals surface area contributed by atoms with Crippen molar-refractivity contribution in [3.63, 3.8) is 0 Å². The molecule has 0 N–H and O–H groups in total. The Morgan fingerprint density at radius 2 is 1.79 bits per heavy atom. The summed E-state index contributed by atoms with van der Waals surface area (Å²) in [6.07, 6.45) is 2.94. The monoisotopic (exact) mass is 579 g/mol. The number of piperidine rings is 1. The number of carbonyl (C=O) groups is 2. The smallest absolute Gasteiger partial charge is 0.314 e. The molecule has 3 aliphatic heterocycles. The Balaban J connectivity index is 1.14. The molecule has 2 fully saturated rings. The Bertz CT molecular complexity index is 1440. The van der Waals surface area contributed by atoms with Gasteiger partial charge in [0.15, 0.2) is 0 Å². The van der Waals surface area contributed by atoms with E-state index in [0.717, 1.165) is 70.0 Å². The number of halogens is 2. The number of hydrogen-bond donors (Lipinski definition) is 0. The zero-order chi connectivity index (χ0) is 29.4. The average molecular weight is 580 g/mol. The Labute approximate surface area is 243 Å². The van der Waals surface area contributed by atoms with Gasteiger partial charge in [0.25, 0.3) is 11.8 Å². The number of imide groups is 1. The molecular formula is C31H35F2N5O4. The fourth-order valence-corrected chi connectivity index (χ4v) is 6.34. The molecule has 0 spiro atoms. The molecule has 0 radical (unpaired) electrons. The van der Waals surface area contributed by atoms with Crippen molar-refractivity contribution in [2.45, 2.75) is 63.8 Å². The molecule has 2 saturated heterocycles. The fraction of sp³-hybridized carbons (Fsp3) is 0.516. The topological polar surface area (TPSA) is 102 Å². The number of likely N-dealkylation sites (tertiary alicyclic amines) is 1. The highest BCUT2D eigenvalue weighted by Gasteiger charge is 2.45. The van der Waals surface area contributed by atoms with E-state index in [4.69, 9.17) is 9.15 Å². The lowest BCUT2D eigenvalue weighted by atomic mass is 9.75. The van der Waals surface area contributed by atoms with Crippen LogP contribution in [-0.4, -0.2) is 69.6 Å². The van der Waals surface area contributed by atoms with E-state index >= 15 is 0 Å². The van der Waals surface area contributed by atoms with E-state index in [1.165, 1.54) is 16.7 Å². The Morgan fingerprint density at radius 1 is 1.02 bits per heavy atom. The van der Waals surface area contributed by atoms with Gasteiger partial charge in [-0.15, -0.1) is 10.2 Å². The third-order valence-electron chi connectivity index (χ3n) is 8.91. The molecule has 0 unspecified atom stereocenters. The molecule has 6 rings (SSSR count). The molecule has 222 valence electrons. The van der Waals surface area contributed by atoms with Crippen molar-refractivity contribution in [3.8, 4) is 11.5 Å². The number of aromatic nitrogens is 3. The SMILES string of the molecule is CC1(C)C(=O)N(Cc2ccc(-c3nnc(C(F)F)o3)cn2)C(=O)c2ccc(C3CCN(CC4CCOCC4)CC3)cc21. The fourth-order valence-electron chi connectivity index (χ4n) is 6.34. The van der Waals surface area contributed by atoms with Gasteiger partial charge in [0, 0.05) is 31.5 Å². The molecule has 9 nitrogen and oxygen atoms in total. The van der Waals surface area contributed by atoms with Gasteiger partial charge in [0.05, 0.1) is 23.2 Å². The summed E-state index contributed by atoms with van der Waals surface area (Å²) < 4.78 is 36.0. The van der Waals surface area contributed by atoms with Crippen LogP contribution in [0.3, 0.4) is 0 Å². The quantitative estimate of drug-likeness (QED) is 0.355. The van der Waals surface area contributed by atoms with Crippen LogP contribution < -0.4 is 0 Å². The number of nitrogens with zero attached hydrogens (tertiary/aromatic N) is 5. The van der Waals surface area contributed by atoms with Crippen molar-refractivity contribution < 1.29 is 27.5 Å². The number of pyridine rings is 1. The Hall–Kier alpha value is -3.57. The molecule has 11 heteroatoms. The summed E-state index contributed by atoms with van der Waals surface area (Å²) in [6, 6.07) is 9.19. The predicted octanol–water partition coefficient (Wildman–Crippen LogP) is 5.14. The molecule has 3 aromatic rings. The van der Waals surface area contributed by atoms with Crippen LogP contribution in [0.4, 0.5) is 8.78 Å². The van der Waals surface area contributed by atoms with Gasteiger partial charge in [-0.1, -0.05) is 12.1 Å². The van der Waals surface area contributed by atoms with E-state index in [1.807, 2.05) is 26.0 Å². The summed E-state index contributed by atoms with van der Waals surface area (Å²) in [5.74, 6) is -0.355. The van der Waals surface area contributed by atoms with Crippen LogP contribution in [0.5, 0.6) is 0 Å². The summed E-state index contributed by atoms with van der Waals surface area (Å²) >= 11 is 0. The molecule has 3 aliphatic rings. The highest BCUT2D eigenvalue weighted by atomic mass is 19.3. The normalized spacial score (nSPS) is 20.4. The summed E-state index contributed by atoms with van der Waals surface area (Å²) in [7, 11) is 0. The molecule has 2 amide bonds. The van der Waals surface area contributed by atoms with E-state index in [0.29, 0.717) is 22.7 Å². The first-order chi connectivity index (χ1) is 20.2. The van der Waals surface area contributed by atoms with Crippen molar-refractivity contribution in [2.24, 2.45) is 5.92 Å². The van der Waals surface area contributed by atoms with E-state index in [2.05, 4.69) is 26.1 Å². The number of hydrogen-bond acceptors (Lipinski definition) is 8. The van der Waals surface area contributed by atoms with Crippen LogP contribution >= 0.6 is 0 Å². The third kappa shape index (κ3) is 5.59. The van der Waals surface area contributed by atoms with Gasteiger partial charge in [-0.2, -0.15) is 8.78 Å². The molecule has 0 atom stereocenters. The van der Waals surface area contributed by atoms with Crippen molar-refractivity contribution >= 4 is 11.8 Å². The summed E-state index contributed by atoms with van der Waals surface area (Å²) in [5, 5.41) is 6.96. The second-order valence-corrected chi connectivity index (χ2v) is 12.0. The maximum atomic E-state index is 13.7. The summed E-state index contributed by atoms with van der Waals surface area (Å²) in [5.41, 5.74) is 2.43. The second-order valence-electron chi connectivity index (χ2n) is 12.0. The van der Waals surface area contributed by atoms with Crippen LogP contribution in [0.2, 0.25) is 0 Å². The van der Waals surface area contributed by atoms with Crippen molar-refractivity contribution in [1.29, 1.82) is 0 Å². The van der Waals surface area contributed by atoms with Crippen molar-refractivity contribution in [2.75, 3.05) is 32.8 Å². The number of rotatable bonds is 7. The van der Waals surface area contributed by atoms with Crippen LogP contribution in [0, 0.1) is 5.92 Å². The van der Waals surface area contributed by atoms with Gasteiger partial charge in [-0.25, -0.2) is 0 Å². The molecule has 0 bridgehead atoms. The van der Waals surface area contributed by atoms with Gasteiger partial charge in [0.2, 0.25) is 11.8 Å². The minimum atomic E-state index is -2.86. The highest BCUT2D eigenvalue weighted by Crippen LogP contribution is 2.39. The first kappa shape index (κ1) is 28.5. The van der Waals surface area contributed by atoms with Gasteiger partial charge in [-0.3, -0.25) is 19.5 Å². The van der Waals surface area contributed by atoms with Crippen LogP contribution in [0.1, 0.15) is 84.9 Å². The van der Waals surface area contributed by atoms with Crippen LogP contribution in [0.25, 0.3) is 11.5 Å². The van der Waals surface area contributed by atoms with Gasteiger partial charge >= 0.3 is 6.43 Å². The molecular weight excluding hydrogens is 544 g/mol. The Kier molecular flexibility index (Phi) is 7.89. The lowest BCUT2D eigenvalue weighted by molar-refractivity contribution is -0.134. The number of ether oxygens (including phenoxy) is 1. The maximum Gasteiger partial charge on any atom is 0.314 e. The van der Waals surface area contributed by atoms with Crippen LogP contribution in [-0.2, 0) is 21.5 Å². The van der Waals surface area contributed by atoms with E-state index in [1.54, 1.807) is 12.1 Å². The number of carbonyl (C=O) groups excluding carboxylic acids is 2. The zero-order valence-corrected chi connectivity index (χ0v) is 23.9. The molecule has 0 aliphatic carbocycles. The minimum Gasteiger partial charge on any atom is -0.415 e. The molecule has 5 heterocycles. The van der Waals surface area contributed by atoms with Crippen molar-refractivity contribution in [3.05, 3.63) is 64.8 Å². The first-order valence-electron chi connectivity index (χ1n) is 14.6. The zero-order valence-electron chi connectivity index (χ0n) is 23.9. The summed E-state index contributed by atoms with van der Waals surface area (Å²) in [6.45, 7) is 8.70. The maximum absolute atomic E-state index is 13.7. The van der Waals surface area contributed by atoms with E-state index < -0.39 is 17.7 Å². The van der Waals surface area contributed by atoms with Gasteiger partial charge in [0.1, 0.15) is 0 Å². The molecule has 0 saturated carbocycles. The molecule has 2 aromatic heterocycles. The number of fused-ring (bicyclic) bond motifs is 1. The number of alkyl halides is 2. The standard InChI is InChI=1S/C31H35F2N5O4/c1-31(2)25-15-21(20-7-11-37(12-8-20)17-19-9-13-41-14-10-19)4-6-24(25)29(39)38(30(31)40)18-23-5-3-22(16-34-23)27-35-36-28(42-27)26(32)33/h3-6,15-16,19-20,26H,7-14,17-18H2,1-2H3. The molecule has 42 heavy (non-hydrogen) atoms. The Morgan fingerprint density at radius 3 is 2.45 bits per heavy atom.